The van der Waals surface area contributed by atoms with E-state index in [1.165, 1.54) is 11.9 Å². The maximum atomic E-state index is 12.1. The van der Waals surface area contributed by atoms with Crippen molar-refractivity contribution in [3.8, 4) is 5.75 Å². The molecule has 0 spiro atoms. The van der Waals surface area contributed by atoms with Gasteiger partial charge in [0.25, 0.3) is 0 Å². The number of ether oxygens (including phenoxy) is 1. The van der Waals surface area contributed by atoms with Crippen molar-refractivity contribution in [1.29, 1.82) is 0 Å². The molecule has 0 bridgehead atoms. The predicted molar refractivity (Wildman–Crippen MR) is 159 cm³/mol. The highest BCUT2D eigenvalue weighted by molar-refractivity contribution is 5.77. The normalized spacial score (nSPS) is 14.4. The molecule has 41 heavy (non-hydrogen) atoms. The van der Waals surface area contributed by atoms with E-state index >= 15 is 0 Å². The lowest BCUT2D eigenvalue weighted by Crippen LogP contribution is -2.37. The summed E-state index contributed by atoms with van der Waals surface area (Å²) >= 11 is 0. The van der Waals surface area contributed by atoms with Crippen LogP contribution in [0.2, 0.25) is 0 Å². The number of hydrogen-bond donors (Lipinski definition) is 3. The lowest BCUT2D eigenvalue weighted by molar-refractivity contribution is -0.369. The quantitative estimate of drug-likeness (QED) is 0.177. The number of carbonyl (C=O) groups is 1. The molecule has 3 aromatic rings. The highest BCUT2D eigenvalue weighted by atomic mass is 16.5. The monoisotopic (exact) mass is 556 g/mol. The zero-order valence-corrected chi connectivity index (χ0v) is 23.3. The maximum Gasteiger partial charge on any atom is 0.333 e. The number of aliphatic carboxylic acids is 1. The molecule has 5 rings (SSSR count). The first-order valence-corrected chi connectivity index (χ1v) is 14.4. The number of fused-ring (bicyclic) bond motifs is 1. The number of aromatic nitrogens is 3. The average molecular weight is 557 g/mol. The van der Waals surface area contributed by atoms with Gasteiger partial charge in [-0.1, -0.05) is 24.3 Å². The molecule has 4 heterocycles. The minimum Gasteiger partial charge on any atom is -0.492 e. The van der Waals surface area contributed by atoms with E-state index in [1.807, 2.05) is 53.4 Å². The van der Waals surface area contributed by atoms with Gasteiger partial charge in [-0.05, 0) is 73.8 Å². The summed E-state index contributed by atoms with van der Waals surface area (Å²) in [6.45, 7) is 3.69. The molecule has 2 aliphatic rings. The van der Waals surface area contributed by atoms with Crippen molar-refractivity contribution in [1.82, 2.24) is 19.9 Å². The van der Waals surface area contributed by atoms with Crippen molar-refractivity contribution in [2.75, 3.05) is 43.4 Å². The molecule has 1 aromatic carbocycles. The molecular weight excluding hydrogens is 518 g/mol. The van der Waals surface area contributed by atoms with Crippen molar-refractivity contribution in [3.63, 3.8) is 0 Å². The number of aryl methyl sites for hydroxylation is 2. The Labute approximate surface area is 240 Å². The zero-order valence-electron chi connectivity index (χ0n) is 23.3. The van der Waals surface area contributed by atoms with Crippen LogP contribution in [-0.2, 0) is 17.6 Å². The Hall–Kier alpha value is -4.31. The minimum absolute atomic E-state index is 0.424. The topological polar surface area (TPSA) is 116 Å². The molecule has 0 unspecified atom stereocenters. The number of hydrogen-bond acceptors (Lipinski definition) is 8. The molecule has 0 fully saturated rings. The third-order valence-corrected chi connectivity index (χ3v) is 7.29. The van der Waals surface area contributed by atoms with Crippen LogP contribution in [0.4, 0.5) is 17.5 Å². The zero-order chi connectivity index (χ0) is 28.3. The first kappa shape index (κ1) is 28.2. The fourth-order valence-corrected chi connectivity index (χ4v) is 4.93. The first-order valence-electron chi connectivity index (χ1n) is 14.4. The van der Waals surface area contributed by atoms with Crippen LogP contribution in [0.15, 0.2) is 67.1 Å². The van der Waals surface area contributed by atoms with E-state index in [4.69, 9.17) is 9.72 Å². The number of rotatable bonds is 16. The van der Waals surface area contributed by atoms with Crippen molar-refractivity contribution in [2.24, 2.45) is 0 Å². The third-order valence-electron chi connectivity index (χ3n) is 7.29. The molecule has 10 heteroatoms. The summed E-state index contributed by atoms with van der Waals surface area (Å²) in [4.78, 5) is 27.7. The summed E-state index contributed by atoms with van der Waals surface area (Å²) < 4.78 is 7.80. The summed E-state index contributed by atoms with van der Waals surface area (Å²) in [7, 11) is 0. The number of carboxylic acid groups (broad SMARTS) is 1. The van der Waals surface area contributed by atoms with E-state index in [-0.39, 0.29) is 0 Å². The molecule has 0 radical (unpaired) electrons. The second kappa shape index (κ2) is 14.4. The van der Waals surface area contributed by atoms with Gasteiger partial charge in [0.1, 0.15) is 30.0 Å². The van der Waals surface area contributed by atoms with Crippen molar-refractivity contribution in [2.45, 2.75) is 44.6 Å². The SMILES string of the molecule is O=C(O)[C@H](CCN(CCCCc1ccc2c(n1)NCCC2)CCOc1ccccc1)Nc1cc([N+]2=CC=C2)ncn1. The highest BCUT2D eigenvalue weighted by Gasteiger charge is 2.21. The molecule has 2 aliphatic heterocycles. The summed E-state index contributed by atoms with van der Waals surface area (Å²) in [5.41, 5.74) is 2.42. The fourth-order valence-electron chi connectivity index (χ4n) is 4.93. The first-order chi connectivity index (χ1) is 20.1. The van der Waals surface area contributed by atoms with E-state index in [9.17, 15) is 9.90 Å². The molecule has 2 aromatic heterocycles. The van der Waals surface area contributed by atoms with E-state index in [0.717, 1.165) is 62.5 Å². The Morgan fingerprint density at radius 3 is 2.80 bits per heavy atom. The Balaban J connectivity index is 1.14. The molecule has 10 nitrogen and oxygen atoms in total. The lowest BCUT2D eigenvalue weighted by Gasteiger charge is -2.24. The molecule has 0 amide bonds. The number of benzene rings is 1. The van der Waals surface area contributed by atoms with Gasteiger partial charge in [0.05, 0.1) is 18.5 Å². The summed E-state index contributed by atoms with van der Waals surface area (Å²) in [5, 5.41) is 16.4. The van der Waals surface area contributed by atoms with Gasteiger partial charge in [-0.3, -0.25) is 4.90 Å². The largest absolute Gasteiger partial charge is 0.492 e. The Morgan fingerprint density at radius 2 is 2.00 bits per heavy atom. The van der Waals surface area contributed by atoms with Gasteiger partial charge < -0.3 is 20.5 Å². The average Bonchev–Trinajstić information content (AvgIpc) is 2.96. The van der Waals surface area contributed by atoms with Crippen molar-refractivity contribution < 1.29 is 19.2 Å². The van der Waals surface area contributed by atoms with Crippen LogP contribution in [0, 0.1) is 0 Å². The number of nitrogens with zero attached hydrogens (tertiary/aromatic N) is 5. The second-order valence-electron chi connectivity index (χ2n) is 10.3. The van der Waals surface area contributed by atoms with Gasteiger partial charge in [-0.2, -0.15) is 4.98 Å². The molecule has 1 atom stereocenters. The molecule has 3 N–H and O–H groups in total. The standard InChI is InChI=1S/C31H37N7O3/c39-31(40)27(36-28-22-29(34-23-33-28)38-17-7-18-38)14-19-37(20-21-41-26-10-2-1-3-11-26)16-5-4-9-25-13-12-24-8-6-15-32-30(24)35-25/h1-3,7,10-13,17-18,22-23,27H,4-6,8-9,14-16,19-21H2,(H2-,32,33,34,35,36,39,40)/p+1/t27-/m0/s1. The molecule has 0 saturated carbocycles. The van der Waals surface area contributed by atoms with Gasteiger partial charge in [-0.15, -0.1) is 0 Å². The van der Waals surface area contributed by atoms with E-state index < -0.39 is 12.0 Å². The molecule has 0 aliphatic carbocycles. The van der Waals surface area contributed by atoms with E-state index in [2.05, 4.69) is 37.6 Å². The van der Waals surface area contributed by atoms with E-state index in [0.29, 0.717) is 37.8 Å². The molecular formula is C31H38N7O3+. The number of carboxylic acids is 1. The molecule has 214 valence electrons. The van der Waals surface area contributed by atoms with Crippen LogP contribution in [0.1, 0.15) is 36.9 Å². The lowest BCUT2D eigenvalue weighted by atomic mass is 10.1. The number of nitrogens with one attached hydrogen (secondary N) is 2. The number of para-hydroxylation sites is 1. The maximum absolute atomic E-state index is 12.1. The fraction of sp³-hybridized carbons (Fsp3) is 0.387. The molecule has 0 saturated heterocycles. The van der Waals surface area contributed by atoms with Gasteiger partial charge in [0.15, 0.2) is 0 Å². The second-order valence-corrected chi connectivity index (χ2v) is 10.3. The van der Waals surface area contributed by atoms with Gasteiger partial charge in [-0.25, -0.2) is 14.4 Å². The predicted octanol–water partition coefficient (Wildman–Crippen LogP) is 4.13. The summed E-state index contributed by atoms with van der Waals surface area (Å²) in [5.74, 6) is 2.14. The van der Waals surface area contributed by atoms with Crippen LogP contribution in [-0.4, -0.2) is 80.5 Å². The van der Waals surface area contributed by atoms with Crippen molar-refractivity contribution in [3.05, 3.63) is 78.4 Å². The third kappa shape index (κ3) is 8.34. The Morgan fingerprint density at radius 1 is 1.12 bits per heavy atom. The highest BCUT2D eigenvalue weighted by Crippen LogP contribution is 2.21. The van der Waals surface area contributed by atoms with Gasteiger partial charge in [0, 0.05) is 31.4 Å². The smallest absolute Gasteiger partial charge is 0.333 e. The Bertz CT molecular complexity index is 1360. The number of unbranched alkanes of at least 4 members (excludes halogenated alkanes) is 1. The van der Waals surface area contributed by atoms with Crippen LogP contribution in [0.5, 0.6) is 5.75 Å². The van der Waals surface area contributed by atoms with E-state index in [1.54, 1.807) is 6.07 Å². The van der Waals surface area contributed by atoms with Crippen LogP contribution in [0.3, 0.4) is 0 Å². The summed E-state index contributed by atoms with van der Waals surface area (Å²) in [6, 6.07) is 15.1. The number of anilines is 2. The van der Waals surface area contributed by atoms with Gasteiger partial charge >= 0.3 is 11.8 Å². The summed E-state index contributed by atoms with van der Waals surface area (Å²) in [6.07, 6.45) is 12.7. The van der Waals surface area contributed by atoms with Crippen molar-refractivity contribution >= 4 is 29.6 Å². The number of pyridine rings is 1. The van der Waals surface area contributed by atoms with Crippen LogP contribution < -0.4 is 15.4 Å². The Kier molecular flexibility index (Phi) is 9.89. The van der Waals surface area contributed by atoms with Crippen LogP contribution in [0.25, 0.3) is 0 Å². The van der Waals surface area contributed by atoms with Gasteiger partial charge in [0.2, 0.25) is 6.33 Å². The minimum atomic E-state index is -0.909. The number of allylic oxidation sites excluding steroid dienone is 1. The van der Waals surface area contributed by atoms with Crippen LogP contribution >= 0.6 is 0 Å².